The van der Waals surface area contributed by atoms with Crippen molar-refractivity contribution in [2.75, 3.05) is 6.54 Å². The molecule has 1 aromatic carbocycles. The molecule has 5 heteroatoms. The van der Waals surface area contributed by atoms with Crippen molar-refractivity contribution in [2.24, 2.45) is 5.92 Å². The summed E-state index contributed by atoms with van der Waals surface area (Å²) >= 11 is 6.01. The number of hydrogen-bond acceptors (Lipinski definition) is 1. The van der Waals surface area contributed by atoms with E-state index in [1.807, 2.05) is 0 Å². The molecule has 0 radical (unpaired) electrons. The predicted octanol–water partition coefficient (Wildman–Crippen LogP) is 3.80. The van der Waals surface area contributed by atoms with Crippen molar-refractivity contribution in [3.63, 3.8) is 0 Å². The molecule has 0 aromatic heterocycles. The molecule has 1 saturated carbocycles. The molecule has 0 heterocycles. The monoisotopic (exact) mass is 301 g/mol. The number of hydrogen-bond donors (Lipinski definition) is 1. The van der Waals surface area contributed by atoms with Crippen molar-refractivity contribution in [1.82, 2.24) is 5.32 Å². The molecule has 0 aliphatic heterocycles. The van der Waals surface area contributed by atoms with Gasteiger partial charge in [-0.3, -0.25) is 4.79 Å². The van der Waals surface area contributed by atoms with Gasteiger partial charge in [-0.2, -0.15) is 0 Å². The van der Waals surface area contributed by atoms with Crippen LogP contribution in [0, 0.1) is 24.5 Å². The Kier molecular flexibility index (Phi) is 4.97. The van der Waals surface area contributed by atoms with Crippen LogP contribution in [0.25, 0.3) is 0 Å². The summed E-state index contributed by atoms with van der Waals surface area (Å²) in [5.41, 5.74) is -0.227. The topological polar surface area (TPSA) is 29.1 Å². The molecule has 1 fully saturated rings. The summed E-state index contributed by atoms with van der Waals surface area (Å²) in [4.78, 5) is 11.9. The lowest BCUT2D eigenvalue weighted by Crippen LogP contribution is -2.32. The van der Waals surface area contributed by atoms with E-state index < -0.39 is 23.1 Å². The maximum atomic E-state index is 13.8. The number of benzene rings is 1. The minimum atomic E-state index is -0.824. The van der Waals surface area contributed by atoms with E-state index >= 15 is 0 Å². The van der Waals surface area contributed by atoms with Crippen LogP contribution in [0.4, 0.5) is 8.78 Å². The molecule has 0 saturated heterocycles. The lowest BCUT2D eigenvalue weighted by atomic mass is 9.89. The zero-order chi connectivity index (χ0) is 14.7. The van der Waals surface area contributed by atoms with Gasteiger partial charge in [0.25, 0.3) is 5.91 Å². The smallest absolute Gasteiger partial charge is 0.257 e. The number of halogens is 3. The van der Waals surface area contributed by atoms with E-state index in [9.17, 15) is 13.6 Å². The lowest BCUT2D eigenvalue weighted by Gasteiger charge is -2.25. The first-order chi connectivity index (χ1) is 9.49. The van der Waals surface area contributed by atoms with Gasteiger partial charge < -0.3 is 5.32 Å². The molecule has 2 rings (SSSR count). The first kappa shape index (κ1) is 15.2. The quantitative estimate of drug-likeness (QED) is 0.845. The van der Waals surface area contributed by atoms with Crippen LogP contribution in [0.1, 0.15) is 41.6 Å². The third-order valence-corrected chi connectivity index (χ3v) is 4.28. The molecular formula is C15H18ClF2NO. The fraction of sp³-hybridized carbons (Fsp3) is 0.533. The van der Waals surface area contributed by atoms with E-state index in [4.69, 9.17) is 11.6 Å². The van der Waals surface area contributed by atoms with Crippen molar-refractivity contribution in [1.29, 1.82) is 0 Å². The number of carbonyl (C=O) groups is 1. The third kappa shape index (κ3) is 3.48. The highest BCUT2D eigenvalue weighted by molar-refractivity contribution is 6.20. The molecule has 1 aromatic rings. The average Bonchev–Trinajstić information content (AvgIpc) is 2.43. The fourth-order valence-electron chi connectivity index (χ4n) is 2.52. The second kappa shape index (κ2) is 6.53. The van der Waals surface area contributed by atoms with Gasteiger partial charge in [-0.25, -0.2) is 8.78 Å². The molecule has 1 amide bonds. The van der Waals surface area contributed by atoms with Crippen molar-refractivity contribution in [2.45, 2.75) is 38.0 Å². The first-order valence-corrected chi connectivity index (χ1v) is 7.29. The summed E-state index contributed by atoms with van der Waals surface area (Å²) in [6.07, 6.45) is 3.73. The normalized spacial score (nSPS) is 22.6. The number of amides is 1. The molecule has 1 aliphatic carbocycles. The number of alkyl halides is 1. The second-order valence-corrected chi connectivity index (χ2v) is 6.00. The molecule has 20 heavy (non-hydrogen) atoms. The Morgan fingerprint density at radius 2 is 1.95 bits per heavy atom. The maximum absolute atomic E-state index is 13.8. The second-order valence-electron chi connectivity index (χ2n) is 5.38. The predicted molar refractivity (Wildman–Crippen MR) is 75.0 cm³/mol. The minimum Gasteiger partial charge on any atom is -0.352 e. The van der Waals surface area contributed by atoms with Gasteiger partial charge in [-0.05, 0) is 50.2 Å². The SMILES string of the molecule is Cc1ccc(F)c(C(=O)NCC2CCC(Cl)CC2)c1F. The van der Waals surface area contributed by atoms with Gasteiger partial charge in [0.05, 0.1) is 0 Å². The zero-order valence-electron chi connectivity index (χ0n) is 11.4. The molecule has 1 N–H and O–H groups in total. The van der Waals surface area contributed by atoms with E-state index in [1.165, 1.54) is 13.0 Å². The van der Waals surface area contributed by atoms with Gasteiger partial charge in [0.1, 0.15) is 17.2 Å². The summed E-state index contributed by atoms with van der Waals surface area (Å²) in [7, 11) is 0. The van der Waals surface area contributed by atoms with Crippen LogP contribution in [0.5, 0.6) is 0 Å². The zero-order valence-corrected chi connectivity index (χ0v) is 12.1. The number of nitrogens with one attached hydrogen (secondary N) is 1. The molecule has 0 atom stereocenters. The minimum absolute atomic E-state index is 0.216. The maximum Gasteiger partial charge on any atom is 0.257 e. The summed E-state index contributed by atoms with van der Waals surface area (Å²) < 4.78 is 27.4. The molecule has 0 bridgehead atoms. The van der Waals surface area contributed by atoms with Gasteiger partial charge in [-0.1, -0.05) is 6.07 Å². The number of aryl methyl sites for hydroxylation is 1. The fourth-order valence-corrected chi connectivity index (χ4v) is 2.77. The first-order valence-electron chi connectivity index (χ1n) is 6.86. The van der Waals surface area contributed by atoms with Gasteiger partial charge >= 0.3 is 0 Å². The average molecular weight is 302 g/mol. The van der Waals surface area contributed by atoms with Crippen LogP contribution in [0.3, 0.4) is 0 Å². The van der Waals surface area contributed by atoms with Crippen molar-refractivity contribution in [3.8, 4) is 0 Å². The van der Waals surface area contributed by atoms with E-state index in [1.54, 1.807) is 0 Å². The Balaban J connectivity index is 1.97. The van der Waals surface area contributed by atoms with Crippen LogP contribution in [0.15, 0.2) is 12.1 Å². The lowest BCUT2D eigenvalue weighted by molar-refractivity contribution is 0.0935. The molecule has 0 unspecified atom stereocenters. The highest BCUT2D eigenvalue weighted by atomic mass is 35.5. The Morgan fingerprint density at radius 3 is 2.60 bits per heavy atom. The van der Waals surface area contributed by atoms with E-state index in [0.29, 0.717) is 12.5 Å². The van der Waals surface area contributed by atoms with Gasteiger partial charge in [-0.15, -0.1) is 11.6 Å². The Bertz CT molecular complexity index is 499. The summed E-state index contributed by atoms with van der Waals surface area (Å²) in [5, 5.41) is 2.85. The third-order valence-electron chi connectivity index (χ3n) is 3.84. The molecule has 0 spiro atoms. The standard InChI is InChI=1S/C15H18ClF2NO/c1-9-2-7-12(17)13(14(9)18)15(20)19-8-10-3-5-11(16)6-4-10/h2,7,10-11H,3-6,8H2,1H3,(H,19,20). The van der Waals surface area contributed by atoms with Crippen LogP contribution in [-0.4, -0.2) is 17.8 Å². The number of rotatable bonds is 3. The highest BCUT2D eigenvalue weighted by Gasteiger charge is 2.22. The molecule has 2 nitrogen and oxygen atoms in total. The van der Waals surface area contributed by atoms with Crippen LogP contribution in [0.2, 0.25) is 0 Å². The van der Waals surface area contributed by atoms with Crippen LogP contribution in [-0.2, 0) is 0 Å². The molecular weight excluding hydrogens is 284 g/mol. The van der Waals surface area contributed by atoms with Gasteiger partial charge in [0.2, 0.25) is 0 Å². The van der Waals surface area contributed by atoms with E-state index in [2.05, 4.69) is 5.32 Å². The summed E-state index contributed by atoms with van der Waals surface area (Å²) in [6, 6.07) is 2.44. The Labute approximate surface area is 122 Å². The van der Waals surface area contributed by atoms with Gasteiger partial charge in [0.15, 0.2) is 0 Å². The van der Waals surface area contributed by atoms with Crippen molar-refractivity contribution < 1.29 is 13.6 Å². The number of carbonyl (C=O) groups excluding carboxylic acids is 1. The van der Waals surface area contributed by atoms with E-state index in [-0.39, 0.29) is 10.9 Å². The van der Waals surface area contributed by atoms with Crippen LogP contribution < -0.4 is 5.32 Å². The highest BCUT2D eigenvalue weighted by Crippen LogP contribution is 2.27. The molecule has 110 valence electrons. The van der Waals surface area contributed by atoms with Crippen molar-refractivity contribution >= 4 is 17.5 Å². The summed E-state index contributed by atoms with van der Waals surface area (Å²) in [6.45, 7) is 1.95. The summed E-state index contributed by atoms with van der Waals surface area (Å²) in [5.74, 6) is -1.95. The van der Waals surface area contributed by atoms with E-state index in [0.717, 1.165) is 31.7 Å². The Hall–Kier alpha value is -1.16. The van der Waals surface area contributed by atoms with Gasteiger partial charge in [0, 0.05) is 11.9 Å². The van der Waals surface area contributed by atoms with Crippen LogP contribution >= 0.6 is 11.6 Å². The Morgan fingerprint density at radius 1 is 1.30 bits per heavy atom. The molecule has 1 aliphatic rings. The largest absolute Gasteiger partial charge is 0.352 e. The van der Waals surface area contributed by atoms with Crippen molar-refractivity contribution in [3.05, 3.63) is 34.9 Å².